The molecule has 2 aromatic heterocycles. The highest BCUT2D eigenvalue weighted by atomic mass is 15.1. The first-order valence-electron chi connectivity index (χ1n) is 3.76. The Bertz CT molecular complexity index is 404. The Labute approximate surface area is 70.3 Å². The fourth-order valence-electron chi connectivity index (χ4n) is 1.23. The topological polar surface area (TPSA) is 42.7 Å². The summed E-state index contributed by atoms with van der Waals surface area (Å²) in [6.07, 6.45) is 3.54. The molecule has 4 nitrogen and oxygen atoms in total. The van der Waals surface area contributed by atoms with Gasteiger partial charge in [0, 0.05) is 20.3 Å². The van der Waals surface area contributed by atoms with Crippen molar-refractivity contribution in [2.45, 2.75) is 0 Å². The van der Waals surface area contributed by atoms with Crippen LogP contribution >= 0.6 is 0 Å². The van der Waals surface area contributed by atoms with Crippen molar-refractivity contribution in [2.24, 2.45) is 7.05 Å². The van der Waals surface area contributed by atoms with Crippen LogP contribution in [0.1, 0.15) is 0 Å². The van der Waals surface area contributed by atoms with Crippen molar-refractivity contribution in [2.75, 3.05) is 12.4 Å². The van der Waals surface area contributed by atoms with Gasteiger partial charge in [-0.15, -0.1) is 0 Å². The largest absolute Gasteiger partial charge is 0.386 e. The molecule has 2 rings (SSSR count). The Morgan fingerprint density at radius 3 is 3.00 bits per heavy atom. The minimum Gasteiger partial charge on any atom is -0.386 e. The normalized spacial score (nSPS) is 10.5. The van der Waals surface area contributed by atoms with Crippen molar-refractivity contribution >= 4 is 16.9 Å². The zero-order valence-corrected chi connectivity index (χ0v) is 7.07. The second-order valence-electron chi connectivity index (χ2n) is 2.64. The van der Waals surface area contributed by atoms with Gasteiger partial charge < -0.3 is 9.88 Å². The van der Waals surface area contributed by atoms with Crippen LogP contribution in [0, 0.1) is 0 Å². The molecular weight excluding hydrogens is 152 g/mol. The van der Waals surface area contributed by atoms with Crippen LogP contribution in [0.15, 0.2) is 18.6 Å². The van der Waals surface area contributed by atoms with Gasteiger partial charge in [0.05, 0.1) is 12.0 Å². The monoisotopic (exact) mass is 162 g/mol. The molecule has 2 heterocycles. The van der Waals surface area contributed by atoms with Crippen LogP contribution in [0.3, 0.4) is 0 Å². The molecule has 0 saturated heterocycles. The lowest BCUT2D eigenvalue weighted by molar-refractivity contribution is 0.931. The Kier molecular flexibility index (Phi) is 1.46. The maximum atomic E-state index is 4.23. The number of hydrogen-bond donors (Lipinski definition) is 1. The summed E-state index contributed by atoms with van der Waals surface area (Å²) in [6, 6.07) is 1.91. The Morgan fingerprint density at radius 2 is 2.25 bits per heavy atom. The molecule has 2 aromatic rings. The van der Waals surface area contributed by atoms with E-state index in [-0.39, 0.29) is 0 Å². The van der Waals surface area contributed by atoms with Crippen molar-refractivity contribution in [3.05, 3.63) is 18.6 Å². The summed E-state index contributed by atoms with van der Waals surface area (Å²) < 4.78 is 1.90. The highest BCUT2D eigenvalue weighted by Crippen LogP contribution is 2.17. The molecule has 0 aliphatic carbocycles. The highest BCUT2D eigenvalue weighted by Gasteiger charge is 2.03. The van der Waals surface area contributed by atoms with Crippen LogP contribution in [0.2, 0.25) is 0 Å². The number of anilines is 1. The van der Waals surface area contributed by atoms with Crippen molar-refractivity contribution in [1.82, 2.24) is 14.5 Å². The predicted molar refractivity (Wildman–Crippen MR) is 48.1 cm³/mol. The van der Waals surface area contributed by atoms with E-state index < -0.39 is 0 Å². The second-order valence-corrected chi connectivity index (χ2v) is 2.64. The van der Waals surface area contributed by atoms with E-state index in [2.05, 4.69) is 15.3 Å². The smallest absolute Gasteiger partial charge is 0.161 e. The first kappa shape index (κ1) is 7.09. The molecule has 0 saturated carbocycles. The Morgan fingerprint density at radius 1 is 1.42 bits per heavy atom. The average molecular weight is 162 g/mol. The van der Waals surface area contributed by atoms with E-state index >= 15 is 0 Å². The third-order valence-electron chi connectivity index (χ3n) is 1.87. The van der Waals surface area contributed by atoms with Crippen molar-refractivity contribution in [3.8, 4) is 0 Å². The summed E-state index contributed by atoms with van der Waals surface area (Å²) in [5.41, 5.74) is 2.84. The molecule has 0 radical (unpaired) electrons. The van der Waals surface area contributed by atoms with E-state index in [1.54, 1.807) is 12.5 Å². The standard InChI is InChI=1S/C8H10N4/c1-9-6-3-4-10-8-7(6)11-5-12(8)2/h3-5H,1-2H3,(H,9,10). The van der Waals surface area contributed by atoms with Crippen LogP contribution in [-0.2, 0) is 7.05 Å². The van der Waals surface area contributed by atoms with Gasteiger partial charge in [0.25, 0.3) is 0 Å². The zero-order chi connectivity index (χ0) is 8.55. The number of rotatable bonds is 1. The van der Waals surface area contributed by atoms with Gasteiger partial charge in [-0.25, -0.2) is 9.97 Å². The summed E-state index contributed by atoms with van der Waals surface area (Å²) in [4.78, 5) is 8.44. The number of aromatic nitrogens is 3. The first-order chi connectivity index (χ1) is 5.83. The van der Waals surface area contributed by atoms with E-state index in [0.717, 1.165) is 16.9 Å². The van der Waals surface area contributed by atoms with Gasteiger partial charge in [-0.3, -0.25) is 0 Å². The van der Waals surface area contributed by atoms with E-state index in [1.165, 1.54) is 0 Å². The number of fused-ring (bicyclic) bond motifs is 1. The molecule has 12 heavy (non-hydrogen) atoms. The third kappa shape index (κ3) is 0.845. The Balaban J connectivity index is 2.81. The molecule has 0 aromatic carbocycles. The van der Waals surface area contributed by atoms with Crippen LogP contribution in [0.25, 0.3) is 11.2 Å². The molecule has 0 amide bonds. The lowest BCUT2D eigenvalue weighted by atomic mass is 10.3. The minimum absolute atomic E-state index is 0.904. The summed E-state index contributed by atoms with van der Waals surface area (Å²) in [5, 5.41) is 3.07. The predicted octanol–water partition coefficient (Wildman–Crippen LogP) is 1.01. The van der Waals surface area contributed by atoms with E-state index in [4.69, 9.17) is 0 Å². The second kappa shape index (κ2) is 2.48. The van der Waals surface area contributed by atoms with Crippen molar-refractivity contribution < 1.29 is 0 Å². The van der Waals surface area contributed by atoms with Gasteiger partial charge in [0.2, 0.25) is 0 Å². The van der Waals surface area contributed by atoms with Gasteiger partial charge >= 0.3 is 0 Å². The molecule has 1 N–H and O–H groups in total. The van der Waals surface area contributed by atoms with Crippen LogP contribution in [0.4, 0.5) is 5.69 Å². The molecule has 0 spiro atoms. The maximum absolute atomic E-state index is 4.23. The zero-order valence-electron chi connectivity index (χ0n) is 7.07. The van der Waals surface area contributed by atoms with Gasteiger partial charge in [0.1, 0.15) is 5.52 Å². The summed E-state index contributed by atoms with van der Waals surface area (Å²) in [5.74, 6) is 0. The van der Waals surface area contributed by atoms with E-state index in [0.29, 0.717) is 0 Å². The van der Waals surface area contributed by atoms with Gasteiger partial charge in [0.15, 0.2) is 5.65 Å². The molecule has 62 valence electrons. The maximum Gasteiger partial charge on any atom is 0.161 e. The SMILES string of the molecule is CNc1ccnc2c1ncn2C. The fourth-order valence-corrected chi connectivity index (χ4v) is 1.23. The fraction of sp³-hybridized carbons (Fsp3) is 0.250. The van der Waals surface area contributed by atoms with E-state index in [1.807, 2.05) is 24.7 Å². The van der Waals surface area contributed by atoms with Crippen molar-refractivity contribution in [1.29, 1.82) is 0 Å². The quantitative estimate of drug-likeness (QED) is 0.680. The van der Waals surface area contributed by atoms with E-state index in [9.17, 15) is 0 Å². The van der Waals surface area contributed by atoms with Crippen molar-refractivity contribution in [3.63, 3.8) is 0 Å². The highest BCUT2D eigenvalue weighted by molar-refractivity contribution is 5.84. The summed E-state index contributed by atoms with van der Waals surface area (Å²) >= 11 is 0. The lowest BCUT2D eigenvalue weighted by Crippen LogP contribution is -1.92. The summed E-state index contributed by atoms with van der Waals surface area (Å²) in [6.45, 7) is 0. The Hall–Kier alpha value is -1.58. The molecule has 0 aliphatic rings. The van der Waals surface area contributed by atoms with Gasteiger partial charge in [-0.2, -0.15) is 0 Å². The molecule has 0 aliphatic heterocycles. The van der Waals surface area contributed by atoms with Crippen LogP contribution in [-0.4, -0.2) is 21.6 Å². The van der Waals surface area contributed by atoms with Gasteiger partial charge in [-0.05, 0) is 6.07 Å². The summed E-state index contributed by atoms with van der Waals surface area (Å²) in [7, 11) is 3.81. The lowest BCUT2D eigenvalue weighted by Gasteiger charge is -1.99. The number of hydrogen-bond acceptors (Lipinski definition) is 3. The molecule has 0 bridgehead atoms. The molecule has 0 fully saturated rings. The number of nitrogens with one attached hydrogen (secondary N) is 1. The van der Waals surface area contributed by atoms with Crippen LogP contribution < -0.4 is 5.32 Å². The first-order valence-corrected chi connectivity index (χ1v) is 3.76. The third-order valence-corrected chi connectivity index (χ3v) is 1.87. The number of pyridine rings is 1. The molecular formula is C8H10N4. The van der Waals surface area contributed by atoms with Gasteiger partial charge in [-0.1, -0.05) is 0 Å². The minimum atomic E-state index is 0.904. The number of imidazole rings is 1. The molecule has 0 atom stereocenters. The number of nitrogens with zero attached hydrogens (tertiary/aromatic N) is 3. The molecule has 4 heteroatoms. The molecule has 0 unspecified atom stereocenters. The van der Waals surface area contributed by atoms with Crippen LogP contribution in [0.5, 0.6) is 0 Å². The number of aryl methyl sites for hydroxylation is 1. The average Bonchev–Trinajstić information content (AvgIpc) is 2.48.